The molecule has 0 unspecified atom stereocenters. The predicted molar refractivity (Wildman–Crippen MR) is 102 cm³/mol. The Kier molecular flexibility index (Phi) is 4.63. The molecule has 1 aromatic heterocycles. The molecule has 1 N–H and O–H groups in total. The minimum absolute atomic E-state index is 0.348. The van der Waals surface area contributed by atoms with Crippen LogP contribution in [0.1, 0.15) is 11.5 Å². The highest BCUT2D eigenvalue weighted by Crippen LogP contribution is 2.28. The Bertz CT molecular complexity index is 868. The van der Waals surface area contributed by atoms with Gasteiger partial charge in [0, 0.05) is 38.3 Å². The van der Waals surface area contributed by atoms with Crippen molar-refractivity contribution in [2.45, 2.75) is 13.5 Å². The van der Waals surface area contributed by atoms with Crippen LogP contribution in [0.15, 0.2) is 59.0 Å². The summed E-state index contributed by atoms with van der Waals surface area (Å²) in [7, 11) is 0. The number of hydrogen-bond donors (Lipinski definition) is 1. The number of nitrogens with zero attached hydrogens (tertiary/aromatic N) is 3. The fraction of sp³-hybridized carbons (Fsp3) is 0.286. The molecule has 2 aromatic carbocycles. The van der Waals surface area contributed by atoms with Crippen molar-refractivity contribution < 1.29 is 9.52 Å². The van der Waals surface area contributed by atoms with Crippen molar-refractivity contribution in [2.75, 3.05) is 31.1 Å². The molecule has 0 saturated carbocycles. The van der Waals surface area contributed by atoms with Gasteiger partial charge in [0.1, 0.15) is 11.5 Å². The first-order valence-electron chi connectivity index (χ1n) is 8.98. The van der Waals surface area contributed by atoms with Gasteiger partial charge in [0.15, 0.2) is 0 Å². The molecule has 4 rings (SSSR count). The van der Waals surface area contributed by atoms with Gasteiger partial charge >= 0.3 is 0 Å². The number of piperazine rings is 1. The van der Waals surface area contributed by atoms with Gasteiger partial charge < -0.3 is 14.4 Å². The van der Waals surface area contributed by atoms with Gasteiger partial charge in [-0.3, -0.25) is 4.90 Å². The van der Waals surface area contributed by atoms with Crippen LogP contribution in [0, 0.1) is 6.92 Å². The molecule has 26 heavy (non-hydrogen) atoms. The minimum Gasteiger partial charge on any atom is -0.506 e. The number of phenolic OH excluding ortho intramolecular Hbond substituents is 1. The van der Waals surface area contributed by atoms with E-state index in [4.69, 9.17) is 9.40 Å². The first kappa shape index (κ1) is 16.7. The molecule has 0 spiro atoms. The standard InChI is InChI=1S/C21H23N3O2/c1-16-18(22-21(26-16)17-7-3-2-4-8-17)15-23-11-13-24(14-12-23)19-9-5-6-10-20(19)25/h2-10,25H,11-15H2,1H3. The van der Waals surface area contributed by atoms with Crippen molar-refractivity contribution in [2.24, 2.45) is 0 Å². The van der Waals surface area contributed by atoms with E-state index in [1.54, 1.807) is 6.07 Å². The second kappa shape index (κ2) is 7.22. The molecule has 0 amide bonds. The van der Waals surface area contributed by atoms with Gasteiger partial charge in [-0.1, -0.05) is 30.3 Å². The van der Waals surface area contributed by atoms with Crippen LogP contribution in [0.5, 0.6) is 5.75 Å². The third kappa shape index (κ3) is 3.44. The average Bonchev–Trinajstić information content (AvgIpc) is 3.04. The van der Waals surface area contributed by atoms with Gasteiger partial charge in [0.05, 0.1) is 11.4 Å². The molecule has 0 aliphatic carbocycles. The third-order valence-electron chi connectivity index (χ3n) is 4.88. The van der Waals surface area contributed by atoms with Crippen molar-refractivity contribution >= 4 is 5.69 Å². The maximum atomic E-state index is 10.0. The number of rotatable bonds is 4. The number of aryl methyl sites for hydroxylation is 1. The van der Waals surface area contributed by atoms with E-state index in [2.05, 4.69) is 9.80 Å². The number of hydrogen-bond acceptors (Lipinski definition) is 5. The normalized spacial score (nSPS) is 15.3. The van der Waals surface area contributed by atoms with E-state index in [1.807, 2.05) is 55.5 Å². The molecule has 1 fully saturated rings. The summed E-state index contributed by atoms with van der Waals surface area (Å²) in [6.07, 6.45) is 0. The first-order chi connectivity index (χ1) is 12.7. The number of benzene rings is 2. The Morgan fingerprint density at radius 3 is 2.38 bits per heavy atom. The lowest BCUT2D eigenvalue weighted by molar-refractivity contribution is 0.245. The topological polar surface area (TPSA) is 52.7 Å². The summed E-state index contributed by atoms with van der Waals surface area (Å²) in [5.41, 5.74) is 2.92. The maximum Gasteiger partial charge on any atom is 0.226 e. The number of phenols is 1. The lowest BCUT2D eigenvalue weighted by Gasteiger charge is -2.36. The largest absolute Gasteiger partial charge is 0.506 e. The fourth-order valence-electron chi connectivity index (χ4n) is 3.37. The molecular formula is C21H23N3O2. The van der Waals surface area contributed by atoms with Crippen molar-refractivity contribution in [3.63, 3.8) is 0 Å². The quantitative estimate of drug-likeness (QED) is 0.779. The molecule has 0 radical (unpaired) electrons. The molecule has 1 aliphatic heterocycles. The first-order valence-corrected chi connectivity index (χ1v) is 8.98. The van der Waals surface area contributed by atoms with E-state index < -0.39 is 0 Å². The van der Waals surface area contributed by atoms with Gasteiger partial charge in [0.2, 0.25) is 5.89 Å². The molecule has 3 aromatic rings. The van der Waals surface area contributed by atoms with Crippen LogP contribution in [-0.4, -0.2) is 41.2 Å². The summed E-state index contributed by atoms with van der Waals surface area (Å²) in [6.45, 7) is 6.41. The highest BCUT2D eigenvalue weighted by molar-refractivity contribution is 5.58. The Balaban J connectivity index is 1.41. The van der Waals surface area contributed by atoms with Gasteiger partial charge in [-0.05, 0) is 31.2 Å². The number of aromatic hydroxyl groups is 1. The van der Waals surface area contributed by atoms with E-state index in [0.717, 1.165) is 55.4 Å². The summed E-state index contributed by atoms with van der Waals surface area (Å²) in [4.78, 5) is 9.32. The zero-order valence-electron chi connectivity index (χ0n) is 14.9. The van der Waals surface area contributed by atoms with Crippen molar-refractivity contribution in [1.82, 2.24) is 9.88 Å². The smallest absolute Gasteiger partial charge is 0.226 e. The summed E-state index contributed by atoms with van der Waals surface area (Å²) in [5, 5.41) is 10.0. The van der Waals surface area contributed by atoms with Crippen LogP contribution in [-0.2, 0) is 6.54 Å². The van der Waals surface area contributed by atoms with Gasteiger partial charge in [-0.15, -0.1) is 0 Å². The predicted octanol–water partition coefficient (Wildman–Crippen LogP) is 3.68. The van der Waals surface area contributed by atoms with Crippen LogP contribution in [0.4, 0.5) is 5.69 Å². The molecule has 1 saturated heterocycles. The Morgan fingerprint density at radius 1 is 0.962 bits per heavy atom. The highest BCUT2D eigenvalue weighted by atomic mass is 16.4. The lowest BCUT2D eigenvalue weighted by atomic mass is 10.2. The molecule has 0 bridgehead atoms. The summed E-state index contributed by atoms with van der Waals surface area (Å²) >= 11 is 0. The number of para-hydroxylation sites is 2. The number of aromatic nitrogens is 1. The molecule has 5 nitrogen and oxygen atoms in total. The zero-order valence-corrected chi connectivity index (χ0v) is 14.9. The number of oxazole rings is 1. The van der Waals surface area contributed by atoms with E-state index >= 15 is 0 Å². The van der Waals surface area contributed by atoms with E-state index in [9.17, 15) is 5.11 Å². The van der Waals surface area contributed by atoms with E-state index in [-0.39, 0.29) is 0 Å². The monoisotopic (exact) mass is 349 g/mol. The van der Waals surface area contributed by atoms with Crippen LogP contribution in [0.3, 0.4) is 0 Å². The van der Waals surface area contributed by atoms with Crippen LogP contribution in [0.2, 0.25) is 0 Å². The van der Waals surface area contributed by atoms with Gasteiger partial charge in [-0.2, -0.15) is 0 Å². The second-order valence-electron chi connectivity index (χ2n) is 6.64. The minimum atomic E-state index is 0.348. The summed E-state index contributed by atoms with van der Waals surface area (Å²) < 4.78 is 5.87. The van der Waals surface area contributed by atoms with Gasteiger partial charge in [-0.25, -0.2) is 4.98 Å². The van der Waals surface area contributed by atoms with Crippen LogP contribution < -0.4 is 4.90 Å². The Morgan fingerprint density at radius 2 is 1.65 bits per heavy atom. The average molecular weight is 349 g/mol. The Labute approximate surface area is 153 Å². The lowest BCUT2D eigenvalue weighted by Crippen LogP contribution is -2.46. The highest BCUT2D eigenvalue weighted by Gasteiger charge is 2.21. The van der Waals surface area contributed by atoms with Crippen molar-refractivity contribution in [1.29, 1.82) is 0 Å². The summed E-state index contributed by atoms with van der Waals surface area (Å²) in [6, 6.07) is 17.5. The van der Waals surface area contributed by atoms with E-state index in [0.29, 0.717) is 11.6 Å². The molecule has 134 valence electrons. The maximum absolute atomic E-state index is 10.0. The third-order valence-corrected chi connectivity index (χ3v) is 4.88. The molecular weight excluding hydrogens is 326 g/mol. The summed E-state index contributed by atoms with van der Waals surface area (Å²) in [5.74, 6) is 1.92. The van der Waals surface area contributed by atoms with Crippen molar-refractivity contribution in [3.05, 3.63) is 66.1 Å². The molecule has 2 heterocycles. The zero-order chi connectivity index (χ0) is 17.9. The molecule has 1 aliphatic rings. The van der Waals surface area contributed by atoms with Gasteiger partial charge in [0.25, 0.3) is 0 Å². The van der Waals surface area contributed by atoms with Crippen molar-refractivity contribution in [3.8, 4) is 17.2 Å². The molecule has 0 atom stereocenters. The SMILES string of the molecule is Cc1oc(-c2ccccc2)nc1CN1CCN(c2ccccc2O)CC1. The number of anilines is 1. The van der Waals surface area contributed by atoms with Crippen LogP contribution >= 0.6 is 0 Å². The Hall–Kier alpha value is -2.79. The fourth-order valence-corrected chi connectivity index (χ4v) is 3.37. The van der Waals surface area contributed by atoms with E-state index in [1.165, 1.54) is 0 Å². The molecule has 5 heteroatoms. The second-order valence-corrected chi connectivity index (χ2v) is 6.64. The van der Waals surface area contributed by atoms with Crippen LogP contribution in [0.25, 0.3) is 11.5 Å².